The first-order valence-electron chi connectivity index (χ1n) is 6.34. The van der Waals surface area contributed by atoms with Crippen molar-refractivity contribution in [3.63, 3.8) is 0 Å². The largest absolute Gasteiger partial charge is 0.378 e. The molecule has 2 aromatic rings. The molecule has 0 aliphatic rings. The van der Waals surface area contributed by atoms with Crippen molar-refractivity contribution in [2.45, 2.75) is 27.2 Å². The number of aromatic nitrogens is 1. The topological polar surface area (TPSA) is 24.9 Å². The molecule has 1 heterocycles. The van der Waals surface area contributed by atoms with Crippen molar-refractivity contribution in [3.05, 3.63) is 35.5 Å². The Morgan fingerprint density at radius 3 is 2.39 bits per heavy atom. The predicted molar refractivity (Wildman–Crippen MR) is 80.4 cm³/mol. The molecular weight excluding hydrogens is 240 g/mol. The van der Waals surface area contributed by atoms with Gasteiger partial charge in [0.15, 0.2) is 0 Å². The molecule has 3 heteroatoms. The lowest BCUT2D eigenvalue weighted by molar-refractivity contribution is 0.647. The Balaban J connectivity index is 2.22. The van der Waals surface area contributed by atoms with E-state index in [1.54, 1.807) is 11.3 Å². The van der Waals surface area contributed by atoms with Crippen LogP contribution >= 0.6 is 11.3 Å². The van der Waals surface area contributed by atoms with Gasteiger partial charge in [0.2, 0.25) is 0 Å². The standard InChI is InChI=1S/C15H20N2S/c1-10(2)9-12-5-7-13(8-6-12)15-17-11(3)14(16-4)18-15/h5-8,10,16H,9H2,1-4H3. The van der Waals surface area contributed by atoms with E-state index in [9.17, 15) is 0 Å². The molecule has 0 aliphatic heterocycles. The number of benzene rings is 1. The first-order valence-corrected chi connectivity index (χ1v) is 7.16. The lowest BCUT2D eigenvalue weighted by Crippen LogP contribution is -1.93. The van der Waals surface area contributed by atoms with Gasteiger partial charge >= 0.3 is 0 Å². The van der Waals surface area contributed by atoms with Gasteiger partial charge < -0.3 is 5.32 Å². The first kappa shape index (κ1) is 13.1. The molecule has 18 heavy (non-hydrogen) atoms. The van der Waals surface area contributed by atoms with Crippen LogP contribution in [0.25, 0.3) is 10.6 Å². The Hall–Kier alpha value is -1.35. The molecule has 1 aromatic heterocycles. The van der Waals surface area contributed by atoms with Crippen LogP contribution in [0.15, 0.2) is 24.3 Å². The molecule has 0 unspecified atom stereocenters. The van der Waals surface area contributed by atoms with Crippen molar-refractivity contribution in [1.82, 2.24) is 4.98 Å². The van der Waals surface area contributed by atoms with Gasteiger partial charge in [0.05, 0.1) is 5.69 Å². The average Bonchev–Trinajstić information content (AvgIpc) is 2.71. The third-order valence-corrected chi connectivity index (χ3v) is 4.09. The van der Waals surface area contributed by atoms with E-state index in [-0.39, 0.29) is 0 Å². The Kier molecular flexibility index (Phi) is 4.02. The summed E-state index contributed by atoms with van der Waals surface area (Å²) in [7, 11) is 1.94. The van der Waals surface area contributed by atoms with Crippen molar-refractivity contribution < 1.29 is 0 Å². The molecule has 2 rings (SSSR count). The van der Waals surface area contributed by atoms with Crippen LogP contribution in [0.1, 0.15) is 25.1 Å². The second-order valence-electron chi connectivity index (χ2n) is 4.98. The number of rotatable bonds is 4. The Morgan fingerprint density at radius 2 is 1.89 bits per heavy atom. The molecule has 96 valence electrons. The highest BCUT2D eigenvalue weighted by Crippen LogP contribution is 2.31. The zero-order valence-corrected chi connectivity index (χ0v) is 12.3. The first-order chi connectivity index (χ1) is 8.60. The third-order valence-electron chi connectivity index (χ3n) is 2.87. The number of hydrogen-bond acceptors (Lipinski definition) is 3. The predicted octanol–water partition coefficient (Wildman–Crippen LogP) is 4.36. The van der Waals surface area contributed by atoms with Crippen LogP contribution in [0.4, 0.5) is 5.00 Å². The molecule has 2 nitrogen and oxygen atoms in total. The monoisotopic (exact) mass is 260 g/mol. The fraction of sp³-hybridized carbons (Fsp3) is 0.400. The summed E-state index contributed by atoms with van der Waals surface area (Å²) < 4.78 is 0. The van der Waals surface area contributed by atoms with Crippen LogP contribution < -0.4 is 5.32 Å². The maximum atomic E-state index is 4.60. The number of hydrogen-bond donors (Lipinski definition) is 1. The van der Waals surface area contributed by atoms with E-state index < -0.39 is 0 Å². The van der Waals surface area contributed by atoms with Gasteiger partial charge in [-0.3, -0.25) is 0 Å². The number of nitrogens with one attached hydrogen (secondary N) is 1. The van der Waals surface area contributed by atoms with Crippen molar-refractivity contribution in [3.8, 4) is 10.6 Å². The summed E-state index contributed by atoms with van der Waals surface area (Å²) in [6.07, 6.45) is 1.14. The second-order valence-corrected chi connectivity index (χ2v) is 5.98. The fourth-order valence-electron chi connectivity index (χ4n) is 2.01. The smallest absolute Gasteiger partial charge is 0.125 e. The summed E-state index contributed by atoms with van der Waals surface area (Å²) in [5.74, 6) is 0.703. The lowest BCUT2D eigenvalue weighted by atomic mass is 10.0. The molecule has 0 atom stereocenters. The van der Waals surface area contributed by atoms with E-state index in [1.165, 1.54) is 11.1 Å². The van der Waals surface area contributed by atoms with Crippen LogP contribution in [0.3, 0.4) is 0 Å². The summed E-state index contributed by atoms with van der Waals surface area (Å²) in [4.78, 5) is 4.60. The zero-order chi connectivity index (χ0) is 13.1. The van der Waals surface area contributed by atoms with Crippen molar-refractivity contribution in [2.75, 3.05) is 12.4 Å². The van der Waals surface area contributed by atoms with Gasteiger partial charge in [0, 0.05) is 12.6 Å². The van der Waals surface area contributed by atoms with E-state index in [0.29, 0.717) is 5.92 Å². The Labute approximate surface area is 113 Å². The normalized spacial score (nSPS) is 10.9. The van der Waals surface area contributed by atoms with Gasteiger partial charge in [0.25, 0.3) is 0 Å². The number of nitrogens with zero attached hydrogens (tertiary/aromatic N) is 1. The SMILES string of the molecule is CNc1sc(-c2ccc(CC(C)C)cc2)nc1C. The molecule has 0 amide bonds. The molecule has 0 saturated carbocycles. The quantitative estimate of drug-likeness (QED) is 0.883. The molecule has 0 radical (unpaired) electrons. The van der Waals surface area contributed by atoms with Crippen LogP contribution in [-0.4, -0.2) is 12.0 Å². The molecule has 1 aromatic carbocycles. The van der Waals surface area contributed by atoms with E-state index in [2.05, 4.69) is 48.4 Å². The molecule has 0 fully saturated rings. The van der Waals surface area contributed by atoms with Crippen LogP contribution in [0.2, 0.25) is 0 Å². The number of thiazole rings is 1. The molecule has 0 bridgehead atoms. The van der Waals surface area contributed by atoms with Crippen LogP contribution in [0.5, 0.6) is 0 Å². The third kappa shape index (κ3) is 2.91. The van der Waals surface area contributed by atoms with Gasteiger partial charge in [-0.1, -0.05) is 49.4 Å². The van der Waals surface area contributed by atoms with E-state index in [0.717, 1.165) is 22.1 Å². The average molecular weight is 260 g/mol. The second kappa shape index (κ2) is 5.53. The minimum Gasteiger partial charge on any atom is -0.378 e. The van der Waals surface area contributed by atoms with E-state index >= 15 is 0 Å². The Bertz CT molecular complexity index is 512. The summed E-state index contributed by atoms with van der Waals surface area (Å²) in [6.45, 7) is 6.54. The molecule has 0 saturated heterocycles. The minimum absolute atomic E-state index is 0.703. The summed E-state index contributed by atoms with van der Waals surface area (Å²) in [5, 5.41) is 5.42. The highest BCUT2D eigenvalue weighted by atomic mass is 32.1. The minimum atomic E-state index is 0.703. The van der Waals surface area contributed by atoms with Crippen molar-refractivity contribution in [1.29, 1.82) is 0 Å². The van der Waals surface area contributed by atoms with E-state index in [4.69, 9.17) is 0 Å². The van der Waals surface area contributed by atoms with Gasteiger partial charge in [-0.05, 0) is 24.8 Å². The van der Waals surface area contributed by atoms with E-state index in [1.807, 2.05) is 14.0 Å². The lowest BCUT2D eigenvalue weighted by Gasteiger charge is -2.05. The molecule has 1 N–H and O–H groups in total. The van der Waals surface area contributed by atoms with Crippen LogP contribution in [-0.2, 0) is 6.42 Å². The number of anilines is 1. The maximum Gasteiger partial charge on any atom is 0.125 e. The summed E-state index contributed by atoms with van der Waals surface area (Å²) in [5.41, 5.74) is 3.68. The van der Waals surface area contributed by atoms with Gasteiger partial charge in [-0.25, -0.2) is 4.98 Å². The zero-order valence-electron chi connectivity index (χ0n) is 11.4. The summed E-state index contributed by atoms with van der Waals surface area (Å²) in [6, 6.07) is 8.78. The molecule has 0 aliphatic carbocycles. The molecule has 0 spiro atoms. The fourth-order valence-corrected chi connectivity index (χ4v) is 2.93. The van der Waals surface area contributed by atoms with Gasteiger partial charge in [0.1, 0.15) is 10.0 Å². The highest BCUT2D eigenvalue weighted by Gasteiger charge is 2.08. The van der Waals surface area contributed by atoms with Crippen molar-refractivity contribution in [2.24, 2.45) is 5.92 Å². The molecular formula is C15H20N2S. The van der Waals surface area contributed by atoms with Crippen molar-refractivity contribution >= 4 is 16.3 Å². The highest BCUT2D eigenvalue weighted by molar-refractivity contribution is 7.19. The summed E-state index contributed by atoms with van der Waals surface area (Å²) >= 11 is 1.71. The van der Waals surface area contributed by atoms with Gasteiger partial charge in [-0.15, -0.1) is 0 Å². The maximum absolute atomic E-state index is 4.60. The van der Waals surface area contributed by atoms with Gasteiger partial charge in [-0.2, -0.15) is 0 Å². The number of aryl methyl sites for hydroxylation is 1. The Morgan fingerprint density at radius 1 is 1.22 bits per heavy atom. The van der Waals surface area contributed by atoms with Crippen LogP contribution in [0, 0.1) is 12.8 Å².